The molecule has 8 heteroatoms. The standard InChI is InChI=1S/C18H22N4O3S/c19-7-6-16-22-14(11-26-16)17(23)20-10-12-3-1-4-13(9-12)21-18(24)15-5-2-8-25-15/h1,3-4,9,11,15H,2,5-8,10,19H2,(H,20,23)(H,21,24). The van der Waals surface area contributed by atoms with Crippen molar-refractivity contribution in [1.82, 2.24) is 10.3 Å². The maximum atomic E-state index is 12.2. The minimum atomic E-state index is -0.370. The zero-order chi connectivity index (χ0) is 18.4. The van der Waals surface area contributed by atoms with Gasteiger partial charge >= 0.3 is 0 Å². The summed E-state index contributed by atoms with van der Waals surface area (Å²) in [6.07, 6.45) is 1.96. The van der Waals surface area contributed by atoms with Gasteiger partial charge in [0, 0.05) is 30.6 Å². The molecule has 0 aliphatic carbocycles. The van der Waals surface area contributed by atoms with E-state index in [1.807, 2.05) is 24.3 Å². The molecule has 1 aliphatic heterocycles. The van der Waals surface area contributed by atoms with Gasteiger partial charge in [-0.2, -0.15) is 0 Å². The predicted molar refractivity (Wildman–Crippen MR) is 100 cm³/mol. The van der Waals surface area contributed by atoms with Gasteiger partial charge in [-0.15, -0.1) is 11.3 Å². The molecule has 1 unspecified atom stereocenters. The number of amides is 2. The smallest absolute Gasteiger partial charge is 0.271 e. The molecule has 1 fully saturated rings. The van der Waals surface area contributed by atoms with E-state index in [4.69, 9.17) is 10.5 Å². The van der Waals surface area contributed by atoms with Crippen LogP contribution in [0.15, 0.2) is 29.6 Å². The van der Waals surface area contributed by atoms with Gasteiger partial charge in [0.05, 0.1) is 5.01 Å². The van der Waals surface area contributed by atoms with Gasteiger partial charge in [-0.1, -0.05) is 12.1 Å². The Morgan fingerprint density at radius 3 is 3.04 bits per heavy atom. The lowest BCUT2D eigenvalue weighted by atomic mass is 10.2. The molecule has 3 rings (SSSR count). The highest BCUT2D eigenvalue weighted by molar-refractivity contribution is 7.09. The lowest BCUT2D eigenvalue weighted by molar-refractivity contribution is -0.124. The molecule has 2 heterocycles. The van der Waals surface area contributed by atoms with Crippen LogP contribution in [-0.2, 0) is 22.5 Å². The Kier molecular flexibility index (Phi) is 6.32. The first-order valence-corrected chi connectivity index (χ1v) is 9.48. The van der Waals surface area contributed by atoms with E-state index in [0.717, 1.165) is 23.4 Å². The lowest BCUT2D eigenvalue weighted by Crippen LogP contribution is -2.27. The molecule has 1 aromatic heterocycles. The van der Waals surface area contributed by atoms with E-state index < -0.39 is 0 Å². The molecule has 2 aromatic rings. The van der Waals surface area contributed by atoms with E-state index in [1.54, 1.807) is 5.38 Å². The van der Waals surface area contributed by atoms with Crippen LogP contribution in [0.4, 0.5) is 5.69 Å². The minimum Gasteiger partial charge on any atom is -0.368 e. The first-order valence-electron chi connectivity index (χ1n) is 8.60. The first kappa shape index (κ1) is 18.5. The van der Waals surface area contributed by atoms with Gasteiger partial charge in [0.2, 0.25) is 0 Å². The van der Waals surface area contributed by atoms with Crippen LogP contribution in [0.2, 0.25) is 0 Å². The largest absolute Gasteiger partial charge is 0.368 e. The van der Waals surface area contributed by atoms with Crippen molar-refractivity contribution in [2.24, 2.45) is 5.73 Å². The molecule has 26 heavy (non-hydrogen) atoms. The van der Waals surface area contributed by atoms with Crippen molar-refractivity contribution in [3.05, 3.63) is 45.9 Å². The van der Waals surface area contributed by atoms with Crippen LogP contribution in [0.3, 0.4) is 0 Å². The van der Waals surface area contributed by atoms with E-state index in [2.05, 4.69) is 15.6 Å². The van der Waals surface area contributed by atoms with E-state index in [1.165, 1.54) is 11.3 Å². The molecular formula is C18H22N4O3S. The van der Waals surface area contributed by atoms with Crippen LogP contribution >= 0.6 is 11.3 Å². The number of anilines is 1. The summed E-state index contributed by atoms with van der Waals surface area (Å²) in [7, 11) is 0. The summed E-state index contributed by atoms with van der Waals surface area (Å²) in [5, 5.41) is 8.30. The summed E-state index contributed by atoms with van der Waals surface area (Å²) in [5.74, 6) is -0.350. The Morgan fingerprint density at radius 2 is 2.27 bits per heavy atom. The van der Waals surface area contributed by atoms with E-state index in [0.29, 0.717) is 37.5 Å². The third-order valence-electron chi connectivity index (χ3n) is 4.01. The fourth-order valence-corrected chi connectivity index (χ4v) is 3.49. The Morgan fingerprint density at radius 1 is 1.38 bits per heavy atom. The number of carbonyl (C=O) groups is 2. The molecule has 0 radical (unpaired) electrons. The molecule has 4 N–H and O–H groups in total. The highest BCUT2D eigenvalue weighted by Crippen LogP contribution is 2.16. The predicted octanol–water partition coefficient (Wildman–Crippen LogP) is 1.69. The van der Waals surface area contributed by atoms with Crippen molar-refractivity contribution in [3.63, 3.8) is 0 Å². The number of nitrogens with two attached hydrogens (primary N) is 1. The highest BCUT2D eigenvalue weighted by atomic mass is 32.1. The Hall–Kier alpha value is -2.29. The molecule has 0 spiro atoms. The van der Waals surface area contributed by atoms with Crippen molar-refractivity contribution in [2.45, 2.75) is 31.9 Å². The summed E-state index contributed by atoms with van der Waals surface area (Å²) >= 11 is 1.43. The van der Waals surface area contributed by atoms with Crippen LogP contribution < -0.4 is 16.4 Å². The second-order valence-electron chi connectivity index (χ2n) is 6.04. The molecule has 138 valence electrons. The number of nitrogens with one attached hydrogen (secondary N) is 2. The van der Waals surface area contributed by atoms with Gasteiger partial charge in [0.25, 0.3) is 11.8 Å². The van der Waals surface area contributed by atoms with Gasteiger partial charge in [-0.25, -0.2) is 4.98 Å². The van der Waals surface area contributed by atoms with E-state index in [-0.39, 0.29) is 17.9 Å². The van der Waals surface area contributed by atoms with Crippen molar-refractivity contribution >= 4 is 28.8 Å². The summed E-state index contributed by atoms with van der Waals surface area (Å²) in [4.78, 5) is 28.6. The summed E-state index contributed by atoms with van der Waals surface area (Å²) in [6.45, 7) is 1.50. The van der Waals surface area contributed by atoms with Gasteiger partial charge in [-0.05, 0) is 37.1 Å². The molecule has 0 saturated carbocycles. The number of hydrogen-bond donors (Lipinski definition) is 3. The lowest BCUT2D eigenvalue weighted by Gasteiger charge is -2.11. The zero-order valence-corrected chi connectivity index (χ0v) is 15.2. The number of rotatable bonds is 7. The number of carbonyl (C=O) groups excluding carboxylic acids is 2. The van der Waals surface area contributed by atoms with Crippen molar-refractivity contribution in [1.29, 1.82) is 0 Å². The molecule has 1 atom stereocenters. The second-order valence-corrected chi connectivity index (χ2v) is 6.98. The van der Waals surface area contributed by atoms with Gasteiger partial charge in [0.15, 0.2) is 0 Å². The highest BCUT2D eigenvalue weighted by Gasteiger charge is 2.23. The number of benzene rings is 1. The van der Waals surface area contributed by atoms with Crippen LogP contribution in [0, 0.1) is 0 Å². The summed E-state index contributed by atoms with van der Waals surface area (Å²) < 4.78 is 5.38. The Balaban J connectivity index is 1.54. The fraction of sp³-hybridized carbons (Fsp3) is 0.389. The monoisotopic (exact) mass is 374 g/mol. The van der Waals surface area contributed by atoms with Gasteiger partial charge in [-0.3, -0.25) is 9.59 Å². The quantitative estimate of drug-likeness (QED) is 0.684. The number of nitrogens with zero attached hydrogens (tertiary/aromatic N) is 1. The van der Waals surface area contributed by atoms with Crippen molar-refractivity contribution in [3.8, 4) is 0 Å². The SMILES string of the molecule is NCCc1nc(C(=O)NCc2cccc(NC(=O)C3CCCO3)c2)cs1. The molecule has 1 aliphatic rings. The maximum Gasteiger partial charge on any atom is 0.271 e. The third-order valence-corrected chi connectivity index (χ3v) is 4.92. The number of thiazole rings is 1. The number of hydrogen-bond acceptors (Lipinski definition) is 6. The zero-order valence-electron chi connectivity index (χ0n) is 14.4. The molecule has 1 aromatic carbocycles. The van der Waals surface area contributed by atoms with Crippen molar-refractivity contribution in [2.75, 3.05) is 18.5 Å². The van der Waals surface area contributed by atoms with Gasteiger partial charge < -0.3 is 21.1 Å². The van der Waals surface area contributed by atoms with E-state index >= 15 is 0 Å². The number of ether oxygens (including phenoxy) is 1. The molecule has 1 saturated heterocycles. The normalized spacial score (nSPS) is 16.4. The summed E-state index contributed by atoms with van der Waals surface area (Å²) in [6, 6.07) is 7.39. The average molecular weight is 374 g/mol. The Bertz CT molecular complexity index is 771. The maximum absolute atomic E-state index is 12.2. The average Bonchev–Trinajstić information content (AvgIpc) is 3.32. The minimum absolute atomic E-state index is 0.126. The second kappa shape index (κ2) is 8.88. The Labute approximate surface area is 156 Å². The third kappa shape index (κ3) is 4.87. The topological polar surface area (TPSA) is 106 Å². The number of aromatic nitrogens is 1. The van der Waals surface area contributed by atoms with Crippen LogP contribution in [0.25, 0.3) is 0 Å². The summed E-state index contributed by atoms with van der Waals surface area (Å²) in [5.41, 5.74) is 7.48. The van der Waals surface area contributed by atoms with Crippen LogP contribution in [0.5, 0.6) is 0 Å². The fourth-order valence-electron chi connectivity index (χ4n) is 2.69. The van der Waals surface area contributed by atoms with Crippen molar-refractivity contribution < 1.29 is 14.3 Å². The molecular weight excluding hydrogens is 352 g/mol. The molecule has 2 amide bonds. The molecule has 7 nitrogen and oxygen atoms in total. The van der Waals surface area contributed by atoms with Crippen LogP contribution in [0.1, 0.15) is 33.9 Å². The van der Waals surface area contributed by atoms with E-state index in [9.17, 15) is 9.59 Å². The first-order chi connectivity index (χ1) is 12.7. The molecule has 0 bridgehead atoms. The van der Waals surface area contributed by atoms with Gasteiger partial charge in [0.1, 0.15) is 11.8 Å². The van der Waals surface area contributed by atoms with Crippen LogP contribution in [-0.4, -0.2) is 36.1 Å².